The zero-order chi connectivity index (χ0) is 9.73. The molecule has 1 heterocycles. The quantitative estimate of drug-likeness (QED) is 0.697. The van der Waals surface area contributed by atoms with Gasteiger partial charge in [-0.2, -0.15) is 0 Å². The Kier molecular flexibility index (Phi) is 3.91. The summed E-state index contributed by atoms with van der Waals surface area (Å²) in [7, 11) is 0. The third-order valence-corrected chi connectivity index (χ3v) is 3.55. The molecule has 1 rings (SSSR count). The molecule has 0 bridgehead atoms. The minimum atomic E-state index is 0.465. The summed E-state index contributed by atoms with van der Waals surface area (Å²) < 4.78 is 0. The monoisotopic (exact) mass is 197 g/mol. The molecule has 1 aromatic rings. The van der Waals surface area contributed by atoms with Crippen LogP contribution in [0.5, 0.6) is 0 Å². The molecule has 2 heteroatoms. The third-order valence-electron chi connectivity index (χ3n) is 2.77. The van der Waals surface area contributed by atoms with Gasteiger partial charge in [0.1, 0.15) is 0 Å². The summed E-state index contributed by atoms with van der Waals surface area (Å²) in [5.74, 6) is 0. The van der Waals surface area contributed by atoms with Crippen molar-refractivity contribution in [2.75, 3.05) is 0 Å². The molecule has 1 nitrogen and oxygen atoms in total. The Morgan fingerprint density at radius 2 is 2.23 bits per heavy atom. The average molecular weight is 197 g/mol. The van der Waals surface area contributed by atoms with Crippen molar-refractivity contribution in [2.24, 2.45) is 5.41 Å². The Bertz CT molecular complexity index is 230. The van der Waals surface area contributed by atoms with E-state index < -0.39 is 0 Å². The van der Waals surface area contributed by atoms with E-state index in [-0.39, 0.29) is 0 Å². The topological polar surface area (TPSA) is 12.9 Å². The standard InChI is InChI=1S/C11H19NS/c1-4-6-11(3,5-2)9-10-12-7-8-13-10/h7-8H,4-6,9H2,1-3H3. The van der Waals surface area contributed by atoms with Crippen LogP contribution in [0.2, 0.25) is 0 Å². The van der Waals surface area contributed by atoms with Gasteiger partial charge in [0.25, 0.3) is 0 Å². The fourth-order valence-electron chi connectivity index (χ4n) is 1.70. The zero-order valence-corrected chi connectivity index (χ0v) is 9.66. The van der Waals surface area contributed by atoms with E-state index in [1.807, 2.05) is 6.20 Å². The van der Waals surface area contributed by atoms with Crippen LogP contribution in [0.25, 0.3) is 0 Å². The minimum absolute atomic E-state index is 0.465. The lowest BCUT2D eigenvalue weighted by atomic mass is 9.80. The minimum Gasteiger partial charge on any atom is -0.250 e. The fourth-order valence-corrected chi connectivity index (χ4v) is 2.53. The largest absolute Gasteiger partial charge is 0.250 e. The smallest absolute Gasteiger partial charge is 0.0930 e. The Morgan fingerprint density at radius 3 is 2.69 bits per heavy atom. The molecule has 0 saturated heterocycles. The van der Waals surface area contributed by atoms with Gasteiger partial charge in [0, 0.05) is 18.0 Å². The van der Waals surface area contributed by atoms with Crippen molar-refractivity contribution in [3.63, 3.8) is 0 Å². The number of thiazole rings is 1. The summed E-state index contributed by atoms with van der Waals surface area (Å²) in [6.07, 6.45) is 6.89. The van der Waals surface area contributed by atoms with Crippen LogP contribution in [-0.4, -0.2) is 4.98 Å². The molecule has 0 aliphatic heterocycles. The second kappa shape index (κ2) is 4.75. The van der Waals surface area contributed by atoms with Gasteiger partial charge < -0.3 is 0 Å². The first-order valence-corrected chi connectivity index (χ1v) is 5.96. The molecule has 0 aliphatic carbocycles. The Labute approximate surface area is 85.2 Å². The van der Waals surface area contributed by atoms with Gasteiger partial charge in [0.2, 0.25) is 0 Å². The number of hydrogen-bond donors (Lipinski definition) is 0. The number of hydrogen-bond acceptors (Lipinski definition) is 2. The first-order chi connectivity index (χ1) is 6.20. The highest BCUT2D eigenvalue weighted by atomic mass is 32.1. The molecule has 1 atom stereocenters. The molecule has 0 amide bonds. The Hall–Kier alpha value is -0.370. The molecule has 1 unspecified atom stereocenters. The molecule has 0 radical (unpaired) electrons. The lowest BCUT2D eigenvalue weighted by Gasteiger charge is -2.26. The maximum atomic E-state index is 4.35. The van der Waals surface area contributed by atoms with E-state index in [1.54, 1.807) is 11.3 Å². The first-order valence-electron chi connectivity index (χ1n) is 5.08. The van der Waals surface area contributed by atoms with Gasteiger partial charge in [0.15, 0.2) is 0 Å². The number of nitrogens with zero attached hydrogens (tertiary/aromatic N) is 1. The maximum absolute atomic E-state index is 4.35. The van der Waals surface area contributed by atoms with Gasteiger partial charge in [-0.3, -0.25) is 0 Å². The van der Waals surface area contributed by atoms with Crippen molar-refractivity contribution in [2.45, 2.75) is 46.5 Å². The predicted molar refractivity (Wildman–Crippen MR) is 59.1 cm³/mol. The van der Waals surface area contributed by atoms with Gasteiger partial charge >= 0.3 is 0 Å². The van der Waals surface area contributed by atoms with Crippen LogP contribution in [0, 0.1) is 5.41 Å². The summed E-state index contributed by atoms with van der Waals surface area (Å²) in [4.78, 5) is 4.35. The highest BCUT2D eigenvalue weighted by molar-refractivity contribution is 7.09. The Morgan fingerprint density at radius 1 is 1.46 bits per heavy atom. The fraction of sp³-hybridized carbons (Fsp3) is 0.727. The molecule has 0 saturated carbocycles. The summed E-state index contributed by atoms with van der Waals surface area (Å²) in [6, 6.07) is 0. The highest BCUT2D eigenvalue weighted by Gasteiger charge is 2.22. The van der Waals surface area contributed by atoms with Crippen LogP contribution >= 0.6 is 11.3 Å². The van der Waals surface area contributed by atoms with Crippen LogP contribution < -0.4 is 0 Å². The third kappa shape index (κ3) is 3.11. The molecule has 0 N–H and O–H groups in total. The summed E-state index contributed by atoms with van der Waals surface area (Å²) in [5, 5.41) is 3.36. The zero-order valence-electron chi connectivity index (χ0n) is 8.84. The molecule has 0 aliphatic rings. The van der Waals surface area contributed by atoms with Gasteiger partial charge in [-0.15, -0.1) is 11.3 Å². The second-order valence-corrected chi connectivity index (χ2v) is 5.00. The lowest BCUT2D eigenvalue weighted by molar-refractivity contribution is 0.279. The van der Waals surface area contributed by atoms with E-state index in [0.29, 0.717) is 5.41 Å². The normalized spacial score (nSPS) is 15.6. The average Bonchev–Trinajstić information content (AvgIpc) is 2.57. The molecule has 74 valence electrons. The molecule has 0 fully saturated rings. The van der Waals surface area contributed by atoms with E-state index in [9.17, 15) is 0 Å². The summed E-state index contributed by atoms with van der Waals surface area (Å²) >= 11 is 1.78. The van der Waals surface area contributed by atoms with Crippen molar-refractivity contribution in [3.8, 4) is 0 Å². The van der Waals surface area contributed by atoms with Crippen molar-refractivity contribution in [1.82, 2.24) is 4.98 Å². The number of rotatable bonds is 5. The van der Waals surface area contributed by atoms with E-state index >= 15 is 0 Å². The van der Waals surface area contributed by atoms with Gasteiger partial charge in [0.05, 0.1) is 5.01 Å². The predicted octanol–water partition coefficient (Wildman–Crippen LogP) is 3.90. The molecule has 0 spiro atoms. The molecule has 0 aromatic carbocycles. The van der Waals surface area contributed by atoms with Gasteiger partial charge in [-0.1, -0.05) is 33.6 Å². The van der Waals surface area contributed by atoms with Crippen LogP contribution in [0.4, 0.5) is 0 Å². The van der Waals surface area contributed by atoms with Gasteiger partial charge in [-0.25, -0.2) is 4.98 Å². The summed E-state index contributed by atoms with van der Waals surface area (Å²) in [5.41, 5.74) is 0.465. The number of aromatic nitrogens is 1. The second-order valence-electron chi connectivity index (χ2n) is 4.02. The Balaban J connectivity index is 2.58. The van der Waals surface area contributed by atoms with E-state index in [1.165, 1.54) is 24.3 Å². The van der Waals surface area contributed by atoms with E-state index in [2.05, 4.69) is 31.1 Å². The van der Waals surface area contributed by atoms with Crippen LogP contribution in [0.1, 0.15) is 45.0 Å². The van der Waals surface area contributed by atoms with Crippen molar-refractivity contribution < 1.29 is 0 Å². The van der Waals surface area contributed by atoms with Crippen LogP contribution in [0.15, 0.2) is 11.6 Å². The highest BCUT2D eigenvalue weighted by Crippen LogP contribution is 2.32. The molecule has 13 heavy (non-hydrogen) atoms. The van der Waals surface area contributed by atoms with Crippen LogP contribution in [-0.2, 0) is 6.42 Å². The van der Waals surface area contributed by atoms with Crippen molar-refractivity contribution >= 4 is 11.3 Å². The maximum Gasteiger partial charge on any atom is 0.0930 e. The van der Waals surface area contributed by atoms with Crippen molar-refractivity contribution in [3.05, 3.63) is 16.6 Å². The summed E-state index contributed by atoms with van der Waals surface area (Å²) in [6.45, 7) is 6.91. The lowest BCUT2D eigenvalue weighted by Crippen LogP contribution is -2.18. The molecular weight excluding hydrogens is 178 g/mol. The van der Waals surface area contributed by atoms with E-state index in [0.717, 1.165) is 6.42 Å². The van der Waals surface area contributed by atoms with E-state index in [4.69, 9.17) is 0 Å². The molecular formula is C11H19NS. The van der Waals surface area contributed by atoms with Crippen LogP contribution in [0.3, 0.4) is 0 Å². The first kappa shape index (κ1) is 10.7. The SMILES string of the molecule is CCCC(C)(CC)Cc1nccs1. The van der Waals surface area contributed by atoms with Gasteiger partial charge in [-0.05, 0) is 11.8 Å². The van der Waals surface area contributed by atoms with Crippen molar-refractivity contribution in [1.29, 1.82) is 0 Å². The molecule has 1 aromatic heterocycles.